The normalized spacial score (nSPS) is 14.5. The van der Waals surface area contributed by atoms with Crippen LogP contribution in [0.5, 0.6) is 0 Å². The third-order valence-electron chi connectivity index (χ3n) is 4.68. The minimum atomic E-state index is -4.82. The van der Waals surface area contributed by atoms with Gasteiger partial charge in [0.15, 0.2) is 5.69 Å². The molecule has 3 aromatic rings. The van der Waals surface area contributed by atoms with Gasteiger partial charge in [0.2, 0.25) is 0 Å². The summed E-state index contributed by atoms with van der Waals surface area (Å²) in [5.74, 6) is -0.243. The number of rotatable bonds is 4. The van der Waals surface area contributed by atoms with Crippen LogP contribution in [0.3, 0.4) is 0 Å². The van der Waals surface area contributed by atoms with E-state index in [0.29, 0.717) is 36.8 Å². The number of nitrogens with one attached hydrogen (secondary N) is 1. The molecule has 0 bridgehead atoms. The number of benzene rings is 1. The summed E-state index contributed by atoms with van der Waals surface area (Å²) in [5, 5.41) is 6.48. The first-order chi connectivity index (χ1) is 14.8. The Hall–Kier alpha value is -3.11. The van der Waals surface area contributed by atoms with Crippen LogP contribution in [0.2, 0.25) is 5.02 Å². The zero-order valence-corrected chi connectivity index (χ0v) is 16.8. The number of halogens is 4. The molecule has 4 rings (SSSR count). The molecule has 0 spiro atoms. The number of carbonyl (C=O) groups is 1. The van der Waals surface area contributed by atoms with Crippen molar-refractivity contribution in [2.24, 2.45) is 0 Å². The van der Waals surface area contributed by atoms with Crippen LogP contribution >= 0.6 is 11.6 Å². The summed E-state index contributed by atoms with van der Waals surface area (Å²) < 4.78 is 47.3. The summed E-state index contributed by atoms with van der Waals surface area (Å²) in [6.45, 7) is 2.57. The second-order valence-electron chi connectivity index (χ2n) is 6.75. The maximum Gasteiger partial charge on any atom is 0.434 e. The predicted molar refractivity (Wildman–Crippen MR) is 109 cm³/mol. The van der Waals surface area contributed by atoms with Crippen molar-refractivity contribution in [1.82, 2.24) is 14.8 Å². The lowest BCUT2D eigenvalue weighted by Crippen LogP contribution is -2.36. The van der Waals surface area contributed by atoms with Crippen LogP contribution in [-0.4, -0.2) is 47.0 Å². The quantitative estimate of drug-likeness (QED) is 0.648. The van der Waals surface area contributed by atoms with Crippen LogP contribution in [0.25, 0.3) is 5.69 Å². The number of aromatic nitrogens is 3. The number of alkyl halides is 3. The van der Waals surface area contributed by atoms with Crippen molar-refractivity contribution >= 4 is 29.0 Å². The molecule has 1 aliphatic rings. The van der Waals surface area contributed by atoms with Gasteiger partial charge in [0.1, 0.15) is 5.82 Å². The van der Waals surface area contributed by atoms with Gasteiger partial charge in [0.25, 0.3) is 5.91 Å². The summed E-state index contributed by atoms with van der Waals surface area (Å²) in [7, 11) is 0. The van der Waals surface area contributed by atoms with Gasteiger partial charge in [-0.2, -0.15) is 18.3 Å². The molecule has 1 aromatic carbocycles. The molecule has 31 heavy (non-hydrogen) atoms. The zero-order valence-electron chi connectivity index (χ0n) is 16.1. The van der Waals surface area contributed by atoms with E-state index in [1.807, 2.05) is 4.90 Å². The number of hydrogen-bond acceptors (Lipinski definition) is 5. The summed E-state index contributed by atoms with van der Waals surface area (Å²) >= 11 is 5.89. The highest BCUT2D eigenvalue weighted by atomic mass is 35.5. The van der Waals surface area contributed by atoms with Crippen LogP contribution < -0.4 is 10.2 Å². The van der Waals surface area contributed by atoms with Crippen molar-refractivity contribution in [2.45, 2.75) is 6.18 Å². The van der Waals surface area contributed by atoms with Crippen LogP contribution in [-0.2, 0) is 10.9 Å². The molecule has 0 saturated carbocycles. The molecule has 7 nitrogen and oxygen atoms in total. The Bertz CT molecular complexity index is 1080. The van der Waals surface area contributed by atoms with E-state index in [4.69, 9.17) is 16.3 Å². The van der Waals surface area contributed by atoms with Gasteiger partial charge in [-0.15, -0.1) is 0 Å². The van der Waals surface area contributed by atoms with Crippen molar-refractivity contribution in [3.63, 3.8) is 0 Å². The molecule has 0 atom stereocenters. The molecule has 2 aromatic heterocycles. The highest BCUT2D eigenvalue weighted by molar-refractivity contribution is 6.30. The van der Waals surface area contributed by atoms with Gasteiger partial charge in [-0.25, -0.2) is 9.67 Å². The number of anilines is 2. The molecule has 1 fully saturated rings. The Kier molecular flexibility index (Phi) is 5.84. The molecule has 0 aliphatic carbocycles. The SMILES string of the molecule is O=C(Nc1ccc(N2CCOCC2)nc1)c1cnn(-c2cccc(Cl)c2)c1C(F)(F)F. The van der Waals surface area contributed by atoms with Crippen LogP contribution in [0.4, 0.5) is 24.7 Å². The van der Waals surface area contributed by atoms with Gasteiger partial charge >= 0.3 is 6.18 Å². The smallest absolute Gasteiger partial charge is 0.378 e. The number of amides is 1. The molecule has 1 N–H and O–H groups in total. The van der Waals surface area contributed by atoms with Crippen molar-refractivity contribution in [1.29, 1.82) is 0 Å². The minimum absolute atomic E-state index is 0.0930. The van der Waals surface area contributed by atoms with Crippen molar-refractivity contribution in [2.75, 3.05) is 36.5 Å². The molecule has 3 heterocycles. The van der Waals surface area contributed by atoms with Crippen molar-refractivity contribution in [3.8, 4) is 5.69 Å². The number of ether oxygens (including phenoxy) is 1. The molecule has 1 saturated heterocycles. The minimum Gasteiger partial charge on any atom is -0.378 e. The van der Waals surface area contributed by atoms with Crippen LogP contribution in [0, 0.1) is 0 Å². The van der Waals surface area contributed by atoms with E-state index in [-0.39, 0.29) is 16.4 Å². The van der Waals surface area contributed by atoms with E-state index < -0.39 is 23.3 Å². The van der Waals surface area contributed by atoms with Crippen LogP contribution in [0.1, 0.15) is 16.1 Å². The third-order valence-corrected chi connectivity index (χ3v) is 4.91. The molecule has 0 radical (unpaired) electrons. The van der Waals surface area contributed by atoms with E-state index in [2.05, 4.69) is 15.4 Å². The third kappa shape index (κ3) is 4.64. The number of hydrogen-bond donors (Lipinski definition) is 1. The number of carbonyl (C=O) groups excluding carboxylic acids is 1. The highest BCUT2D eigenvalue weighted by Gasteiger charge is 2.40. The van der Waals surface area contributed by atoms with Gasteiger partial charge < -0.3 is 15.0 Å². The second kappa shape index (κ2) is 8.56. The van der Waals surface area contributed by atoms with E-state index in [1.54, 1.807) is 12.1 Å². The van der Waals surface area contributed by atoms with E-state index >= 15 is 0 Å². The monoisotopic (exact) mass is 451 g/mol. The zero-order chi connectivity index (χ0) is 22.0. The maximum atomic E-state index is 13.8. The Labute approximate surface area is 180 Å². The molecule has 11 heteroatoms. The molecule has 0 unspecified atom stereocenters. The van der Waals surface area contributed by atoms with Gasteiger partial charge in [0, 0.05) is 18.1 Å². The Morgan fingerprint density at radius 3 is 2.55 bits per heavy atom. The lowest BCUT2D eigenvalue weighted by molar-refractivity contribution is -0.143. The molecular formula is C20H17ClF3N5O2. The first-order valence-corrected chi connectivity index (χ1v) is 9.72. The van der Waals surface area contributed by atoms with Crippen LogP contribution in [0.15, 0.2) is 48.8 Å². The Morgan fingerprint density at radius 1 is 1.13 bits per heavy atom. The van der Waals surface area contributed by atoms with E-state index in [9.17, 15) is 18.0 Å². The molecular weight excluding hydrogens is 435 g/mol. The van der Waals surface area contributed by atoms with Crippen molar-refractivity contribution in [3.05, 3.63) is 65.1 Å². The maximum absolute atomic E-state index is 13.8. The second-order valence-corrected chi connectivity index (χ2v) is 7.19. The molecule has 1 amide bonds. The highest BCUT2D eigenvalue weighted by Crippen LogP contribution is 2.34. The standard InChI is InChI=1S/C20H17ClF3N5O2/c21-13-2-1-3-15(10-13)29-18(20(22,23)24)16(12-26-29)19(30)27-14-4-5-17(25-11-14)28-6-8-31-9-7-28/h1-5,10-12H,6-9H2,(H,27,30). The lowest BCUT2D eigenvalue weighted by atomic mass is 10.2. The summed E-state index contributed by atoms with van der Waals surface area (Å²) in [4.78, 5) is 18.9. The Morgan fingerprint density at radius 2 is 1.90 bits per heavy atom. The number of nitrogens with zero attached hydrogens (tertiary/aromatic N) is 4. The number of pyridine rings is 1. The van der Waals surface area contributed by atoms with Gasteiger partial charge in [-0.3, -0.25) is 4.79 Å². The van der Waals surface area contributed by atoms with E-state index in [1.165, 1.54) is 30.5 Å². The van der Waals surface area contributed by atoms with Crippen molar-refractivity contribution < 1.29 is 22.7 Å². The number of morpholine rings is 1. The van der Waals surface area contributed by atoms with Gasteiger partial charge in [0.05, 0.1) is 42.5 Å². The van der Waals surface area contributed by atoms with E-state index in [0.717, 1.165) is 6.20 Å². The largest absolute Gasteiger partial charge is 0.434 e. The first kappa shape index (κ1) is 21.1. The first-order valence-electron chi connectivity index (χ1n) is 9.34. The fourth-order valence-corrected chi connectivity index (χ4v) is 3.41. The van der Waals surface area contributed by atoms with Gasteiger partial charge in [-0.1, -0.05) is 17.7 Å². The molecule has 1 aliphatic heterocycles. The summed E-state index contributed by atoms with van der Waals surface area (Å²) in [6, 6.07) is 9.07. The fraction of sp³-hybridized carbons (Fsp3) is 0.250. The Balaban J connectivity index is 1.58. The average Bonchev–Trinajstić information content (AvgIpc) is 3.21. The average molecular weight is 452 g/mol. The summed E-state index contributed by atoms with van der Waals surface area (Å²) in [6.07, 6.45) is -2.53. The predicted octanol–water partition coefficient (Wildman–Crippen LogP) is 4.03. The summed E-state index contributed by atoms with van der Waals surface area (Å²) in [5.41, 5.74) is -1.43. The topological polar surface area (TPSA) is 72.3 Å². The molecule has 162 valence electrons. The lowest BCUT2D eigenvalue weighted by Gasteiger charge is -2.27. The fourth-order valence-electron chi connectivity index (χ4n) is 3.23. The van der Waals surface area contributed by atoms with Gasteiger partial charge in [-0.05, 0) is 30.3 Å².